The number of hydrogen-bond acceptors (Lipinski definition) is 5. The lowest BCUT2D eigenvalue weighted by molar-refractivity contribution is 0.0926. The highest BCUT2D eigenvalue weighted by molar-refractivity contribution is 5.92. The van der Waals surface area contributed by atoms with Gasteiger partial charge in [0.05, 0.1) is 20.4 Å². The van der Waals surface area contributed by atoms with Gasteiger partial charge in [-0.15, -0.1) is 0 Å². The number of carbonyl (C=O) groups is 1. The van der Waals surface area contributed by atoms with E-state index in [2.05, 4.69) is 10.5 Å². The zero-order valence-electron chi connectivity index (χ0n) is 12.0. The molecule has 21 heavy (non-hydrogen) atoms. The number of methoxy groups -OCH3 is 2. The number of nitrogens with one attached hydrogen (secondary N) is 1. The lowest BCUT2D eigenvalue weighted by atomic mass is 10.2. The molecule has 1 heterocycles. The minimum atomic E-state index is -0.410. The molecule has 6 nitrogen and oxygen atoms in total. The number of benzene rings is 1. The smallest absolute Gasteiger partial charge is 0.307 e. The van der Waals surface area contributed by atoms with Crippen molar-refractivity contribution in [2.24, 2.45) is 5.10 Å². The monoisotopic (exact) mass is 288 g/mol. The molecule has 6 heteroatoms. The van der Waals surface area contributed by atoms with Crippen molar-refractivity contribution in [1.29, 1.82) is 0 Å². The van der Waals surface area contributed by atoms with Crippen molar-refractivity contribution in [3.8, 4) is 11.5 Å². The summed E-state index contributed by atoms with van der Waals surface area (Å²) >= 11 is 0. The molecule has 0 fully saturated rings. The highest BCUT2D eigenvalue weighted by Gasteiger charge is 2.08. The predicted molar refractivity (Wildman–Crippen MR) is 78.1 cm³/mol. The van der Waals surface area contributed by atoms with Crippen LogP contribution in [0.3, 0.4) is 0 Å². The van der Waals surface area contributed by atoms with Crippen molar-refractivity contribution >= 4 is 12.1 Å². The number of aryl methyl sites for hydroxylation is 1. The van der Waals surface area contributed by atoms with E-state index in [1.807, 2.05) is 0 Å². The van der Waals surface area contributed by atoms with E-state index >= 15 is 0 Å². The maximum atomic E-state index is 11.7. The summed E-state index contributed by atoms with van der Waals surface area (Å²) in [7, 11) is 3.13. The third-order valence-corrected chi connectivity index (χ3v) is 2.77. The molecular weight excluding hydrogens is 272 g/mol. The van der Waals surface area contributed by atoms with E-state index in [-0.39, 0.29) is 5.76 Å². The average molecular weight is 288 g/mol. The van der Waals surface area contributed by atoms with Gasteiger partial charge in [0.1, 0.15) is 17.3 Å². The molecule has 0 saturated heterocycles. The van der Waals surface area contributed by atoms with Crippen molar-refractivity contribution in [1.82, 2.24) is 5.43 Å². The summed E-state index contributed by atoms with van der Waals surface area (Å²) in [5, 5.41) is 3.89. The van der Waals surface area contributed by atoms with E-state index in [9.17, 15) is 4.79 Å². The van der Waals surface area contributed by atoms with Gasteiger partial charge in [-0.2, -0.15) is 5.10 Å². The lowest BCUT2D eigenvalue weighted by Gasteiger charge is -2.06. The summed E-state index contributed by atoms with van der Waals surface area (Å²) in [4.78, 5) is 11.7. The van der Waals surface area contributed by atoms with Crippen molar-refractivity contribution in [3.05, 3.63) is 47.4 Å². The Morgan fingerprint density at radius 2 is 2.05 bits per heavy atom. The fourth-order valence-corrected chi connectivity index (χ4v) is 1.70. The van der Waals surface area contributed by atoms with Crippen LogP contribution in [0.1, 0.15) is 21.9 Å². The average Bonchev–Trinajstić information content (AvgIpc) is 2.94. The van der Waals surface area contributed by atoms with Gasteiger partial charge >= 0.3 is 5.91 Å². The summed E-state index contributed by atoms with van der Waals surface area (Å²) < 4.78 is 15.5. The molecule has 0 bridgehead atoms. The first-order valence-electron chi connectivity index (χ1n) is 6.26. The highest BCUT2D eigenvalue weighted by Crippen LogP contribution is 2.22. The standard InChI is InChI=1S/C15H16N2O4/c1-10-4-7-13(21-10)15(18)17-16-9-11-5-6-12(19-2)8-14(11)20-3/h4-9H,1-3H3,(H,17,18). The number of ether oxygens (including phenoxy) is 2. The van der Waals surface area contributed by atoms with Crippen molar-refractivity contribution in [2.45, 2.75) is 6.92 Å². The molecule has 110 valence electrons. The third-order valence-electron chi connectivity index (χ3n) is 2.77. The van der Waals surface area contributed by atoms with Gasteiger partial charge < -0.3 is 13.9 Å². The molecule has 0 unspecified atom stereocenters. The van der Waals surface area contributed by atoms with Crippen LogP contribution in [0.4, 0.5) is 0 Å². The van der Waals surface area contributed by atoms with Crippen LogP contribution in [-0.4, -0.2) is 26.3 Å². The number of rotatable bonds is 5. The quantitative estimate of drug-likeness (QED) is 0.677. The maximum Gasteiger partial charge on any atom is 0.307 e. The molecule has 0 saturated carbocycles. The summed E-state index contributed by atoms with van der Waals surface area (Å²) in [6, 6.07) is 8.60. The number of hydrogen-bond donors (Lipinski definition) is 1. The Morgan fingerprint density at radius 1 is 1.24 bits per heavy atom. The fourth-order valence-electron chi connectivity index (χ4n) is 1.70. The molecule has 1 amide bonds. The van der Waals surface area contributed by atoms with Crippen molar-refractivity contribution < 1.29 is 18.7 Å². The Kier molecular flexibility index (Phi) is 4.61. The molecule has 1 aromatic heterocycles. The maximum absolute atomic E-state index is 11.7. The van der Waals surface area contributed by atoms with Crippen LogP contribution < -0.4 is 14.9 Å². The van der Waals surface area contributed by atoms with Crippen molar-refractivity contribution in [3.63, 3.8) is 0 Å². The Bertz CT molecular complexity index is 661. The largest absolute Gasteiger partial charge is 0.497 e. The first kappa shape index (κ1) is 14.6. The van der Waals surface area contributed by atoms with Gasteiger partial charge in [0.15, 0.2) is 5.76 Å². The van der Waals surface area contributed by atoms with E-state index in [0.29, 0.717) is 22.8 Å². The van der Waals surface area contributed by atoms with E-state index in [1.165, 1.54) is 6.21 Å². The molecule has 1 aromatic carbocycles. The topological polar surface area (TPSA) is 73.1 Å². The fraction of sp³-hybridized carbons (Fsp3) is 0.200. The molecule has 2 rings (SSSR count). The minimum absolute atomic E-state index is 0.214. The Labute approximate surface area is 122 Å². The van der Waals surface area contributed by atoms with Gasteiger partial charge in [-0.25, -0.2) is 5.43 Å². The van der Waals surface area contributed by atoms with E-state index in [1.54, 1.807) is 51.5 Å². The molecule has 2 aromatic rings. The SMILES string of the molecule is COc1ccc(C=NNC(=O)c2ccc(C)o2)c(OC)c1. The Hall–Kier alpha value is -2.76. The first-order valence-corrected chi connectivity index (χ1v) is 6.26. The summed E-state index contributed by atoms with van der Waals surface area (Å²) in [6.07, 6.45) is 1.49. The van der Waals surface area contributed by atoms with Crippen LogP contribution in [0.2, 0.25) is 0 Å². The van der Waals surface area contributed by atoms with E-state index in [0.717, 1.165) is 0 Å². The van der Waals surface area contributed by atoms with Gasteiger partial charge in [-0.1, -0.05) is 0 Å². The number of hydrazone groups is 1. The van der Waals surface area contributed by atoms with Gasteiger partial charge in [-0.3, -0.25) is 4.79 Å². The summed E-state index contributed by atoms with van der Waals surface area (Å²) in [5.41, 5.74) is 3.11. The summed E-state index contributed by atoms with van der Waals surface area (Å²) in [6.45, 7) is 1.77. The van der Waals surface area contributed by atoms with Crippen molar-refractivity contribution in [2.75, 3.05) is 14.2 Å². The Morgan fingerprint density at radius 3 is 2.67 bits per heavy atom. The molecule has 0 spiro atoms. The Balaban J connectivity index is 2.06. The van der Waals surface area contributed by atoms with Crippen LogP contribution in [0.25, 0.3) is 0 Å². The highest BCUT2D eigenvalue weighted by atomic mass is 16.5. The molecule has 0 aliphatic heterocycles. The predicted octanol–water partition coefficient (Wildman–Crippen LogP) is 2.37. The number of nitrogens with zero attached hydrogens (tertiary/aromatic N) is 1. The normalized spacial score (nSPS) is 10.6. The number of carbonyl (C=O) groups excluding carboxylic acids is 1. The molecule has 0 aliphatic rings. The van der Waals surface area contributed by atoms with Crippen LogP contribution in [0.5, 0.6) is 11.5 Å². The van der Waals surface area contributed by atoms with Gasteiger partial charge in [-0.05, 0) is 31.2 Å². The first-order chi connectivity index (χ1) is 10.1. The second-order valence-corrected chi connectivity index (χ2v) is 4.22. The van der Waals surface area contributed by atoms with Gasteiger partial charge in [0, 0.05) is 11.6 Å². The van der Waals surface area contributed by atoms with E-state index in [4.69, 9.17) is 13.9 Å². The summed E-state index contributed by atoms with van der Waals surface area (Å²) in [5.74, 6) is 1.75. The minimum Gasteiger partial charge on any atom is -0.497 e. The number of amides is 1. The van der Waals surface area contributed by atoms with Crippen LogP contribution in [-0.2, 0) is 0 Å². The molecule has 1 N–H and O–H groups in total. The van der Waals surface area contributed by atoms with Crippen LogP contribution in [0, 0.1) is 6.92 Å². The lowest BCUT2D eigenvalue weighted by Crippen LogP contribution is -2.16. The zero-order chi connectivity index (χ0) is 15.2. The third kappa shape index (κ3) is 3.62. The molecule has 0 atom stereocenters. The van der Waals surface area contributed by atoms with Crippen LogP contribution in [0.15, 0.2) is 39.9 Å². The molecular formula is C15H16N2O4. The second kappa shape index (κ2) is 6.60. The molecule has 0 aliphatic carbocycles. The van der Waals surface area contributed by atoms with Gasteiger partial charge in [0.2, 0.25) is 0 Å². The second-order valence-electron chi connectivity index (χ2n) is 4.22. The van der Waals surface area contributed by atoms with Crippen LogP contribution >= 0.6 is 0 Å². The zero-order valence-corrected chi connectivity index (χ0v) is 12.0. The van der Waals surface area contributed by atoms with E-state index < -0.39 is 5.91 Å². The van der Waals surface area contributed by atoms with Gasteiger partial charge in [0.25, 0.3) is 0 Å². The molecule has 0 radical (unpaired) electrons. The number of furan rings is 1.